The van der Waals surface area contributed by atoms with Crippen LogP contribution in [-0.4, -0.2) is 31.9 Å². The van der Waals surface area contributed by atoms with Gasteiger partial charge in [0.1, 0.15) is 6.61 Å². The Balaban J connectivity index is 3.46. The highest BCUT2D eigenvalue weighted by atomic mass is 16.6. The van der Waals surface area contributed by atoms with Crippen molar-refractivity contribution in [3.05, 3.63) is 0 Å². The number of carbonyl (C=O) groups excluding carboxylic acids is 2. The van der Waals surface area contributed by atoms with Gasteiger partial charge in [-0.05, 0) is 6.92 Å². The van der Waals surface area contributed by atoms with Gasteiger partial charge in [0.2, 0.25) is 0 Å². The average molecular weight is 176 g/mol. The Labute approximate surface area is 70.0 Å². The van der Waals surface area contributed by atoms with Crippen LogP contribution in [0.4, 0.5) is 4.79 Å². The zero-order valence-corrected chi connectivity index (χ0v) is 6.78. The Morgan fingerprint density at radius 2 is 2.42 bits per heavy atom. The summed E-state index contributed by atoms with van der Waals surface area (Å²) in [5.74, 6) is 0. The van der Waals surface area contributed by atoms with E-state index in [1.807, 2.05) is 0 Å². The second-order valence-electron chi connectivity index (χ2n) is 1.94. The molecule has 70 valence electrons. The van der Waals surface area contributed by atoms with Crippen molar-refractivity contribution in [2.45, 2.75) is 13.2 Å². The molecule has 0 aliphatic rings. The molecule has 0 saturated heterocycles. The molecule has 6 nitrogen and oxygen atoms in total. The SMILES string of the molecule is CC(NC(=O)OCCN)OC=O. The van der Waals surface area contributed by atoms with Gasteiger partial charge in [0.25, 0.3) is 6.47 Å². The molecule has 0 saturated carbocycles. The summed E-state index contributed by atoms with van der Waals surface area (Å²) in [4.78, 5) is 20.5. The normalized spacial score (nSPS) is 11.5. The van der Waals surface area contributed by atoms with Gasteiger partial charge in [-0.2, -0.15) is 0 Å². The second-order valence-corrected chi connectivity index (χ2v) is 1.94. The number of carbonyl (C=O) groups is 2. The fourth-order valence-corrected chi connectivity index (χ4v) is 0.477. The molecule has 0 bridgehead atoms. The van der Waals surface area contributed by atoms with Crippen LogP contribution in [0.3, 0.4) is 0 Å². The first-order valence-corrected chi connectivity index (χ1v) is 3.43. The lowest BCUT2D eigenvalue weighted by molar-refractivity contribution is -0.133. The highest BCUT2D eigenvalue weighted by molar-refractivity contribution is 5.67. The Kier molecular flexibility index (Phi) is 5.72. The molecule has 1 amide bonds. The molecule has 0 radical (unpaired) electrons. The number of rotatable bonds is 5. The molecule has 0 fully saturated rings. The van der Waals surface area contributed by atoms with Crippen LogP contribution in [0.5, 0.6) is 0 Å². The second kappa shape index (κ2) is 6.41. The molecule has 0 heterocycles. The van der Waals surface area contributed by atoms with Gasteiger partial charge < -0.3 is 15.2 Å². The quantitative estimate of drug-likeness (QED) is 0.422. The van der Waals surface area contributed by atoms with Crippen LogP contribution in [0.15, 0.2) is 0 Å². The minimum Gasteiger partial charge on any atom is -0.448 e. The van der Waals surface area contributed by atoms with Gasteiger partial charge in [-0.25, -0.2) is 4.79 Å². The standard InChI is InChI=1S/C6H12N2O4/c1-5(12-4-9)8-6(10)11-3-2-7/h4-5H,2-3,7H2,1H3,(H,8,10). The summed E-state index contributed by atoms with van der Waals surface area (Å²) >= 11 is 0. The molecule has 3 N–H and O–H groups in total. The van der Waals surface area contributed by atoms with Crippen molar-refractivity contribution >= 4 is 12.6 Å². The number of nitrogens with two attached hydrogens (primary N) is 1. The van der Waals surface area contributed by atoms with E-state index < -0.39 is 12.3 Å². The zero-order valence-electron chi connectivity index (χ0n) is 6.78. The minimum atomic E-state index is -0.687. The zero-order chi connectivity index (χ0) is 9.40. The van der Waals surface area contributed by atoms with Crippen LogP contribution in [0.1, 0.15) is 6.92 Å². The molecule has 12 heavy (non-hydrogen) atoms. The van der Waals surface area contributed by atoms with Crippen LogP contribution < -0.4 is 11.1 Å². The van der Waals surface area contributed by atoms with Crippen LogP contribution in [0.25, 0.3) is 0 Å². The van der Waals surface area contributed by atoms with Crippen LogP contribution in [-0.2, 0) is 14.3 Å². The van der Waals surface area contributed by atoms with Crippen LogP contribution in [0.2, 0.25) is 0 Å². The molecule has 0 spiro atoms. The number of hydrogen-bond donors (Lipinski definition) is 2. The predicted molar refractivity (Wildman–Crippen MR) is 40.1 cm³/mol. The summed E-state index contributed by atoms with van der Waals surface area (Å²) in [5, 5.41) is 2.25. The fourth-order valence-electron chi connectivity index (χ4n) is 0.477. The van der Waals surface area contributed by atoms with Crippen molar-refractivity contribution in [1.29, 1.82) is 0 Å². The first kappa shape index (κ1) is 10.7. The average Bonchev–Trinajstić information content (AvgIpc) is 2.01. The molecular weight excluding hydrogens is 164 g/mol. The summed E-state index contributed by atoms with van der Waals surface area (Å²) in [5.41, 5.74) is 5.07. The molecule has 0 aliphatic heterocycles. The Bertz CT molecular complexity index is 150. The van der Waals surface area contributed by atoms with E-state index in [0.29, 0.717) is 0 Å². The van der Waals surface area contributed by atoms with Crippen molar-refractivity contribution in [2.24, 2.45) is 5.73 Å². The van der Waals surface area contributed by atoms with E-state index in [1.54, 1.807) is 0 Å². The molecule has 1 atom stereocenters. The van der Waals surface area contributed by atoms with Gasteiger partial charge in [0.15, 0.2) is 6.23 Å². The maximum Gasteiger partial charge on any atom is 0.410 e. The minimum absolute atomic E-state index is 0.139. The molecular formula is C6H12N2O4. The van der Waals surface area contributed by atoms with Crippen molar-refractivity contribution in [3.63, 3.8) is 0 Å². The van der Waals surface area contributed by atoms with Crippen molar-refractivity contribution in [3.8, 4) is 0 Å². The molecule has 0 aliphatic carbocycles. The van der Waals surface area contributed by atoms with Gasteiger partial charge in [-0.3, -0.25) is 10.1 Å². The summed E-state index contributed by atoms with van der Waals surface area (Å²) < 4.78 is 8.91. The first-order chi connectivity index (χ1) is 5.70. The third-order valence-corrected chi connectivity index (χ3v) is 0.932. The van der Waals surface area contributed by atoms with E-state index in [4.69, 9.17) is 5.73 Å². The molecule has 1 unspecified atom stereocenters. The smallest absolute Gasteiger partial charge is 0.410 e. The predicted octanol–water partition coefficient (Wildman–Crippen LogP) is -0.810. The molecule has 0 aromatic heterocycles. The topological polar surface area (TPSA) is 90.7 Å². The Morgan fingerprint density at radius 3 is 2.92 bits per heavy atom. The highest BCUT2D eigenvalue weighted by Crippen LogP contribution is 1.83. The van der Waals surface area contributed by atoms with Gasteiger partial charge in [-0.15, -0.1) is 0 Å². The van der Waals surface area contributed by atoms with Crippen molar-refractivity contribution in [1.82, 2.24) is 5.32 Å². The number of nitrogens with one attached hydrogen (secondary N) is 1. The Hall–Kier alpha value is -1.30. The lowest BCUT2D eigenvalue weighted by Crippen LogP contribution is -2.35. The number of alkyl carbamates (subject to hydrolysis) is 1. The van der Waals surface area contributed by atoms with Crippen LogP contribution in [0, 0.1) is 0 Å². The molecule has 0 rings (SSSR count). The lowest BCUT2D eigenvalue weighted by atomic mass is 10.6. The maximum absolute atomic E-state index is 10.7. The van der Waals surface area contributed by atoms with Crippen molar-refractivity contribution < 1.29 is 19.1 Å². The third-order valence-electron chi connectivity index (χ3n) is 0.932. The lowest BCUT2D eigenvalue weighted by Gasteiger charge is -2.11. The molecule has 0 aromatic carbocycles. The number of hydrogen-bond acceptors (Lipinski definition) is 5. The van der Waals surface area contributed by atoms with E-state index in [2.05, 4.69) is 14.8 Å². The summed E-state index contributed by atoms with van der Waals surface area (Å²) in [7, 11) is 0. The van der Waals surface area contributed by atoms with Crippen LogP contribution >= 0.6 is 0 Å². The van der Waals surface area contributed by atoms with Gasteiger partial charge >= 0.3 is 6.09 Å². The van der Waals surface area contributed by atoms with E-state index in [1.165, 1.54) is 6.92 Å². The summed E-state index contributed by atoms with van der Waals surface area (Å²) in [6.07, 6.45) is -1.34. The Morgan fingerprint density at radius 1 is 1.75 bits per heavy atom. The van der Waals surface area contributed by atoms with Gasteiger partial charge in [0, 0.05) is 6.54 Å². The fraction of sp³-hybridized carbons (Fsp3) is 0.667. The van der Waals surface area contributed by atoms with E-state index in [0.717, 1.165) is 0 Å². The summed E-state index contributed by atoms with van der Waals surface area (Å²) in [6.45, 7) is 2.14. The van der Waals surface area contributed by atoms with E-state index >= 15 is 0 Å². The third kappa shape index (κ3) is 5.48. The van der Waals surface area contributed by atoms with Gasteiger partial charge in [-0.1, -0.05) is 0 Å². The number of amides is 1. The number of ether oxygens (including phenoxy) is 2. The largest absolute Gasteiger partial charge is 0.448 e. The van der Waals surface area contributed by atoms with E-state index in [9.17, 15) is 9.59 Å². The highest BCUT2D eigenvalue weighted by Gasteiger charge is 2.06. The molecule has 6 heteroatoms. The molecule has 0 aromatic rings. The monoisotopic (exact) mass is 176 g/mol. The van der Waals surface area contributed by atoms with Gasteiger partial charge in [0.05, 0.1) is 0 Å². The first-order valence-electron chi connectivity index (χ1n) is 3.43. The van der Waals surface area contributed by atoms with Crippen molar-refractivity contribution in [2.75, 3.05) is 13.2 Å². The summed E-state index contributed by atoms with van der Waals surface area (Å²) in [6, 6.07) is 0. The maximum atomic E-state index is 10.7. The van der Waals surface area contributed by atoms with E-state index in [-0.39, 0.29) is 19.6 Å².